The molecule has 0 atom stereocenters. The molecule has 152 valence electrons. The molecule has 0 spiro atoms. The van der Waals surface area contributed by atoms with E-state index in [1.807, 2.05) is 0 Å². The summed E-state index contributed by atoms with van der Waals surface area (Å²) in [5.74, 6) is -0.0125. The van der Waals surface area contributed by atoms with Gasteiger partial charge in [0.25, 0.3) is 5.56 Å². The predicted molar refractivity (Wildman–Crippen MR) is 115 cm³/mol. The Morgan fingerprint density at radius 2 is 2.03 bits per heavy atom. The van der Waals surface area contributed by atoms with Crippen LogP contribution in [0.2, 0.25) is 5.02 Å². The Morgan fingerprint density at radius 1 is 1.31 bits per heavy atom. The van der Waals surface area contributed by atoms with Crippen molar-refractivity contribution in [3.05, 3.63) is 76.9 Å². The average molecular weight is 414 g/mol. The van der Waals surface area contributed by atoms with Gasteiger partial charge in [-0.25, -0.2) is 4.98 Å². The molecule has 1 fully saturated rings. The number of carbonyl (C=O) groups excluding carboxylic acids is 1. The van der Waals surface area contributed by atoms with Gasteiger partial charge in [0, 0.05) is 18.1 Å². The third kappa shape index (κ3) is 4.83. The van der Waals surface area contributed by atoms with E-state index in [-0.39, 0.29) is 24.4 Å². The highest BCUT2D eigenvalue weighted by Gasteiger charge is 2.34. The minimum Gasteiger partial charge on any atom is -0.388 e. The largest absolute Gasteiger partial charge is 0.388 e. The standard InChI is InChI=1S/C22H24ClN3O3/c1-3-5-16(4-2)12-20(27)25-10-8-22(29,9-11-25)14-26-15-24-19-13-17(23)6-7-18(19)21(26)28/h3-7,13,15,29H,1-2,8-12,14H2/b16-5+. The fourth-order valence-corrected chi connectivity index (χ4v) is 3.69. The Labute approximate surface area is 174 Å². The molecule has 3 rings (SSSR count). The number of likely N-dealkylation sites (tertiary alicyclic amines) is 1. The number of amides is 1. The van der Waals surface area contributed by atoms with Crippen LogP contribution in [0.5, 0.6) is 0 Å². The molecule has 0 saturated carbocycles. The van der Waals surface area contributed by atoms with Crippen molar-refractivity contribution in [2.75, 3.05) is 13.1 Å². The lowest BCUT2D eigenvalue weighted by Gasteiger charge is -2.38. The predicted octanol–water partition coefficient (Wildman–Crippen LogP) is 3.09. The smallest absolute Gasteiger partial charge is 0.261 e. The van der Waals surface area contributed by atoms with Crippen LogP contribution in [0.25, 0.3) is 10.9 Å². The summed E-state index contributed by atoms with van der Waals surface area (Å²) >= 11 is 5.95. The maximum absolute atomic E-state index is 12.7. The van der Waals surface area contributed by atoms with E-state index >= 15 is 0 Å². The van der Waals surface area contributed by atoms with Gasteiger partial charge in [0.1, 0.15) is 0 Å². The highest BCUT2D eigenvalue weighted by molar-refractivity contribution is 6.31. The molecule has 1 saturated heterocycles. The Balaban J connectivity index is 1.68. The van der Waals surface area contributed by atoms with Crippen LogP contribution in [0.15, 0.2) is 66.3 Å². The van der Waals surface area contributed by atoms with E-state index in [9.17, 15) is 14.7 Å². The van der Waals surface area contributed by atoms with Crippen molar-refractivity contribution in [3.63, 3.8) is 0 Å². The minimum absolute atomic E-state index is 0.0125. The van der Waals surface area contributed by atoms with E-state index in [1.165, 1.54) is 10.9 Å². The molecule has 0 unspecified atom stereocenters. The molecule has 2 aromatic rings. The van der Waals surface area contributed by atoms with Crippen molar-refractivity contribution in [1.29, 1.82) is 0 Å². The minimum atomic E-state index is -1.07. The van der Waals surface area contributed by atoms with Crippen molar-refractivity contribution in [2.24, 2.45) is 0 Å². The van der Waals surface area contributed by atoms with Gasteiger partial charge >= 0.3 is 0 Å². The first-order chi connectivity index (χ1) is 13.8. The second kappa shape index (κ2) is 8.76. The third-order valence-electron chi connectivity index (χ3n) is 5.25. The summed E-state index contributed by atoms with van der Waals surface area (Å²) in [6, 6.07) is 4.93. The number of aliphatic hydroxyl groups is 1. The van der Waals surface area contributed by atoms with Crippen LogP contribution in [0.1, 0.15) is 19.3 Å². The van der Waals surface area contributed by atoms with Crippen LogP contribution in [-0.2, 0) is 11.3 Å². The van der Waals surface area contributed by atoms with Crippen molar-refractivity contribution in [1.82, 2.24) is 14.5 Å². The summed E-state index contributed by atoms with van der Waals surface area (Å²) in [6.07, 6.45) is 7.50. The Morgan fingerprint density at radius 3 is 2.69 bits per heavy atom. The normalized spacial score (nSPS) is 16.6. The number of aromatic nitrogens is 2. The van der Waals surface area contributed by atoms with Crippen LogP contribution >= 0.6 is 11.6 Å². The summed E-state index contributed by atoms with van der Waals surface area (Å²) in [4.78, 5) is 31.2. The molecule has 1 amide bonds. The van der Waals surface area contributed by atoms with Gasteiger partial charge in [-0.15, -0.1) is 0 Å². The fourth-order valence-electron chi connectivity index (χ4n) is 3.53. The molecule has 1 aromatic heterocycles. The highest BCUT2D eigenvalue weighted by Crippen LogP contribution is 2.25. The first kappa shape index (κ1) is 21.0. The number of hydrogen-bond donors (Lipinski definition) is 1. The molecule has 1 aliphatic heterocycles. The molecular weight excluding hydrogens is 390 g/mol. The Bertz CT molecular complexity index is 1030. The number of hydrogen-bond acceptors (Lipinski definition) is 4. The molecule has 1 N–H and O–H groups in total. The van der Waals surface area contributed by atoms with Gasteiger partial charge < -0.3 is 10.0 Å². The van der Waals surface area contributed by atoms with Crippen LogP contribution in [0, 0.1) is 0 Å². The fraction of sp³-hybridized carbons (Fsp3) is 0.318. The zero-order valence-electron chi connectivity index (χ0n) is 16.2. The Kier molecular flexibility index (Phi) is 6.35. The number of benzene rings is 1. The first-order valence-corrected chi connectivity index (χ1v) is 9.82. The number of carbonyl (C=O) groups is 1. The van der Waals surface area contributed by atoms with Gasteiger partial charge in [0.05, 0.1) is 35.8 Å². The first-order valence-electron chi connectivity index (χ1n) is 9.44. The lowest BCUT2D eigenvalue weighted by molar-refractivity contribution is -0.135. The average Bonchev–Trinajstić information content (AvgIpc) is 2.70. The highest BCUT2D eigenvalue weighted by atomic mass is 35.5. The monoisotopic (exact) mass is 413 g/mol. The summed E-state index contributed by atoms with van der Waals surface area (Å²) in [5, 5.41) is 12.0. The third-order valence-corrected chi connectivity index (χ3v) is 5.48. The summed E-state index contributed by atoms with van der Waals surface area (Å²) in [7, 11) is 0. The molecule has 7 heteroatoms. The van der Waals surface area contributed by atoms with Gasteiger partial charge in [-0.1, -0.05) is 43.0 Å². The van der Waals surface area contributed by atoms with Gasteiger partial charge in [-0.05, 0) is 36.6 Å². The van der Waals surface area contributed by atoms with Crippen LogP contribution < -0.4 is 5.56 Å². The Hall–Kier alpha value is -2.70. The molecule has 0 radical (unpaired) electrons. The van der Waals surface area contributed by atoms with Crippen molar-refractivity contribution < 1.29 is 9.90 Å². The van der Waals surface area contributed by atoms with Crippen molar-refractivity contribution >= 4 is 28.4 Å². The van der Waals surface area contributed by atoms with E-state index in [1.54, 1.807) is 41.3 Å². The number of rotatable bonds is 6. The lowest BCUT2D eigenvalue weighted by Crippen LogP contribution is -2.49. The molecule has 29 heavy (non-hydrogen) atoms. The van der Waals surface area contributed by atoms with E-state index in [0.29, 0.717) is 41.9 Å². The zero-order valence-corrected chi connectivity index (χ0v) is 16.9. The van der Waals surface area contributed by atoms with Crippen LogP contribution in [0.4, 0.5) is 0 Å². The zero-order chi connectivity index (χ0) is 21.0. The molecule has 2 heterocycles. The SMILES string of the molecule is C=C/C=C(\C=C)CC(=O)N1CCC(O)(Cn2cnc3cc(Cl)ccc3c2=O)CC1. The summed E-state index contributed by atoms with van der Waals surface area (Å²) in [6.45, 7) is 8.34. The van der Waals surface area contributed by atoms with Crippen LogP contribution in [0.3, 0.4) is 0 Å². The molecular formula is C22H24ClN3O3. The summed E-state index contributed by atoms with van der Waals surface area (Å²) < 4.78 is 1.43. The van der Waals surface area contributed by atoms with E-state index < -0.39 is 5.60 Å². The van der Waals surface area contributed by atoms with Crippen molar-refractivity contribution in [2.45, 2.75) is 31.4 Å². The summed E-state index contributed by atoms with van der Waals surface area (Å²) in [5.41, 5.74) is 0.0425. The maximum Gasteiger partial charge on any atom is 0.261 e. The number of halogens is 1. The van der Waals surface area contributed by atoms with E-state index in [4.69, 9.17) is 11.6 Å². The molecule has 6 nitrogen and oxygen atoms in total. The van der Waals surface area contributed by atoms with Gasteiger partial charge in [0.15, 0.2) is 0 Å². The topological polar surface area (TPSA) is 75.4 Å². The van der Waals surface area contributed by atoms with Crippen LogP contribution in [-0.4, -0.2) is 44.2 Å². The van der Waals surface area contributed by atoms with Gasteiger partial charge in [-0.2, -0.15) is 0 Å². The van der Waals surface area contributed by atoms with Gasteiger partial charge in [0.2, 0.25) is 5.91 Å². The molecule has 0 bridgehead atoms. The molecule has 1 aliphatic rings. The molecule has 1 aromatic carbocycles. The number of allylic oxidation sites excluding steroid dienone is 3. The second-order valence-corrected chi connectivity index (χ2v) is 7.74. The second-order valence-electron chi connectivity index (χ2n) is 7.30. The van der Waals surface area contributed by atoms with E-state index in [2.05, 4.69) is 18.1 Å². The number of fused-ring (bicyclic) bond motifs is 1. The van der Waals surface area contributed by atoms with Gasteiger partial charge in [-0.3, -0.25) is 14.2 Å². The van der Waals surface area contributed by atoms with Crippen molar-refractivity contribution in [3.8, 4) is 0 Å². The maximum atomic E-state index is 12.7. The van der Waals surface area contributed by atoms with E-state index in [0.717, 1.165) is 5.57 Å². The molecule has 0 aliphatic carbocycles. The lowest BCUT2D eigenvalue weighted by atomic mass is 9.91. The number of nitrogens with zero attached hydrogens (tertiary/aromatic N) is 3. The number of piperidine rings is 1. The quantitative estimate of drug-likeness (QED) is 0.738.